The van der Waals surface area contributed by atoms with Crippen LogP contribution in [0.4, 0.5) is 4.79 Å². The van der Waals surface area contributed by atoms with E-state index >= 15 is 0 Å². The van der Waals surface area contributed by atoms with Crippen LogP contribution in [0.15, 0.2) is 0 Å². The van der Waals surface area contributed by atoms with Crippen molar-refractivity contribution in [2.75, 3.05) is 13.1 Å². The summed E-state index contributed by atoms with van der Waals surface area (Å²) in [6.07, 6.45) is 0.958. The van der Waals surface area contributed by atoms with E-state index in [4.69, 9.17) is 5.26 Å². The summed E-state index contributed by atoms with van der Waals surface area (Å²) in [4.78, 5) is 10.8. The Morgan fingerprint density at radius 3 is 2.67 bits per heavy atom. The van der Waals surface area contributed by atoms with Gasteiger partial charge in [0.1, 0.15) is 6.54 Å². The van der Waals surface area contributed by atoms with E-state index < -0.39 is 0 Å². The zero-order valence-corrected chi connectivity index (χ0v) is 7.55. The quantitative estimate of drug-likeness (QED) is 0.613. The van der Waals surface area contributed by atoms with E-state index in [0.717, 1.165) is 6.42 Å². The van der Waals surface area contributed by atoms with E-state index in [9.17, 15) is 4.79 Å². The van der Waals surface area contributed by atoms with Crippen molar-refractivity contribution < 1.29 is 4.79 Å². The molecule has 2 amide bonds. The molecule has 0 heterocycles. The highest BCUT2D eigenvalue weighted by Gasteiger charge is 1.98. The van der Waals surface area contributed by atoms with E-state index in [1.807, 2.05) is 6.07 Å². The van der Waals surface area contributed by atoms with Crippen LogP contribution in [0.25, 0.3) is 0 Å². The predicted octanol–water partition coefficient (Wildman–Crippen LogP) is 0.855. The largest absolute Gasteiger partial charge is 0.338 e. The number of carbonyl (C=O) groups is 1. The second-order valence-corrected chi connectivity index (χ2v) is 2.95. The van der Waals surface area contributed by atoms with Crippen LogP contribution in [0.5, 0.6) is 0 Å². The van der Waals surface area contributed by atoms with Crippen LogP contribution < -0.4 is 10.6 Å². The van der Waals surface area contributed by atoms with Crippen molar-refractivity contribution in [1.82, 2.24) is 10.6 Å². The number of nitrogens with zero attached hydrogens (tertiary/aromatic N) is 1. The number of carbonyl (C=O) groups excluding carboxylic acids is 1. The van der Waals surface area contributed by atoms with Crippen LogP contribution in [0.1, 0.15) is 20.3 Å². The Kier molecular flexibility index (Phi) is 5.80. The van der Waals surface area contributed by atoms with Gasteiger partial charge in [-0.1, -0.05) is 13.8 Å². The van der Waals surface area contributed by atoms with Crippen molar-refractivity contribution in [3.63, 3.8) is 0 Å². The summed E-state index contributed by atoms with van der Waals surface area (Å²) in [5.41, 5.74) is 0. The SMILES string of the molecule is CC(C)CCNC(=O)NCC#N. The molecule has 0 aromatic heterocycles. The van der Waals surface area contributed by atoms with Crippen molar-refractivity contribution >= 4 is 6.03 Å². The number of nitriles is 1. The zero-order chi connectivity index (χ0) is 9.40. The van der Waals surface area contributed by atoms with Crippen molar-refractivity contribution in [2.45, 2.75) is 20.3 Å². The average Bonchev–Trinajstić information content (AvgIpc) is 2.00. The third-order valence-corrected chi connectivity index (χ3v) is 1.34. The highest BCUT2D eigenvalue weighted by molar-refractivity contribution is 5.73. The van der Waals surface area contributed by atoms with Crippen molar-refractivity contribution in [1.29, 1.82) is 5.26 Å². The normalized spacial score (nSPS) is 9.17. The molecule has 4 nitrogen and oxygen atoms in total. The van der Waals surface area contributed by atoms with Gasteiger partial charge in [-0.15, -0.1) is 0 Å². The topological polar surface area (TPSA) is 64.9 Å². The maximum atomic E-state index is 10.8. The molecule has 0 rings (SSSR count). The summed E-state index contributed by atoms with van der Waals surface area (Å²) >= 11 is 0. The first kappa shape index (κ1) is 10.8. The molecule has 0 atom stereocenters. The lowest BCUT2D eigenvalue weighted by Gasteiger charge is -2.06. The first-order chi connectivity index (χ1) is 5.66. The molecule has 0 saturated heterocycles. The van der Waals surface area contributed by atoms with E-state index in [2.05, 4.69) is 24.5 Å². The minimum atomic E-state index is -0.266. The lowest BCUT2D eigenvalue weighted by atomic mass is 10.1. The van der Waals surface area contributed by atoms with E-state index in [1.54, 1.807) is 0 Å². The van der Waals surface area contributed by atoms with Gasteiger partial charge in [-0.2, -0.15) is 5.26 Å². The zero-order valence-electron chi connectivity index (χ0n) is 7.55. The fraction of sp³-hybridized carbons (Fsp3) is 0.750. The number of amides is 2. The molecule has 0 aliphatic carbocycles. The highest BCUT2D eigenvalue weighted by Crippen LogP contribution is 1.95. The van der Waals surface area contributed by atoms with Crippen molar-refractivity contribution in [2.24, 2.45) is 5.92 Å². The second-order valence-electron chi connectivity index (χ2n) is 2.95. The summed E-state index contributed by atoms with van der Waals surface area (Å²) in [6.45, 7) is 4.91. The van der Waals surface area contributed by atoms with Gasteiger partial charge in [0.2, 0.25) is 0 Å². The van der Waals surface area contributed by atoms with Gasteiger partial charge in [-0.25, -0.2) is 4.79 Å². The molecule has 0 aromatic rings. The van der Waals surface area contributed by atoms with Crippen LogP contribution in [-0.4, -0.2) is 19.1 Å². The molecule has 0 aromatic carbocycles. The Morgan fingerprint density at radius 1 is 1.50 bits per heavy atom. The molecule has 12 heavy (non-hydrogen) atoms. The fourth-order valence-corrected chi connectivity index (χ4v) is 0.657. The maximum Gasteiger partial charge on any atom is 0.315 e. The molecule has 0 bridgehead atoms. The Labute approximate surface area is 72.9 Å². The smallest absolute Gasteiger partial charge is 0.315 e. The summed E-state index contributed by atoms with van der Waals surface area (Å²) in [7, 11) is 0. The Morgan fingerprint density at radius 2 is 2.17 bits per heavy atom. The molecule has 68 valence electrons. The molecule has 0 radical (unpaired) electrons. The van der Waals surface area contributed by atoms with Crippen LogP contribution in [-0.2, 0) is 0 Å². The van der Waals surface area contributed by atoms with E-state index in [-0.39, 0.29) is 12.6 Å². The average molecular weight is 169 g/mol. The summed E-state index contributed by atoms with van der Waals surface area (Å²) < 4.78 is 0. The number of hydrogen-bond donors (Lipinski definition) is 2. The fourth-order valence-electron chi connectivity index (χ4n) is 0.657. The molecular formula is C8H15N3O. The number of hydrogen-bond acceptors (Lipinski definition) is 2. The van der Waals surface area contributed by atoms with E-state index in [1.165, 1.54) is 0 Å². The number of urea groups is 1. The standard InChI is InChI=1S/C8H15N3O/c1-7(2)3-5-10-8(12)11-6-4-9/h7H,3,5-6H2,1-2H3,(H2,10,11,12). The number of nitrogens with one attached hydrogen (secondary N) is 2. The third kappa shape index (κ3) is 6.87. The molecule has 0 aliphatic rings. The first-order valence-electron chi connectivity index (χ1n) is 4.05. The van der Waals surface area contributed by atoms with Crippen LogP contribution in [0.2, 0.25) is 0 Å². The van der Waals surface area contributed by atoms with Gasteiger partial charge in [0.15, 0.2) is 0 Å². The van der Waals surface area contributed by atoms with Crippen LogP contribution >= 0.6 is 0 Å². The lowest BCUT2D eigenvalue weighted by Crippen LogP contribution is -2.36. The van der Waals surface area contributed by atoms with Crippen molar-refractivity contribution in [3.05, 3.63) is 0 Å². The molecule has 0 unspecified atom stereocenters. The second kappa shape index (κ2) is 6.47. The Bertz CT molecular complexity index is 172. The van der Waals surface area contributed by atoms with Gasteiger partial charge >= 0.3 is 6.03 Å². The monoisotopic (exact) mass is 169 g/mol. The van der Waals surface area contributed by atoms with Crippen LogP contribution in [0.3, 0.4) is 0 Å². The molecule has 4 heteroatoms. The molecule has 0 saturated carbocycles. The van der Waals surface area contributed by atoms with Gasteiger partial charge in [0.05, 0.1) is 6.07 Å². The number of rotatable bonds is 4. The minimum Gasteiger partial charge on any atom is -0.338 e. The minimum absolute atomic E-state index is 0.0630. The summed E-state index contributed by atoms with van der Waals surface area (Å²) in [5.74, 6) is 0.585. The van der Waals surface area contributed by atoms with E-state index in [0.29, 0.717) is 12.5 Å². The summed E-state index contributed by atoms with van der Waals surface area (Å²) in [6, 6.07) is 1.56. The van der Waals surface area contributed by atoms with Gasteiger partial charge < -0.3 is 10.6 Å². The van der Waals surface area contributed by atoms with Crippen molar-refractivity contribution in [3.8, 4) is 6.07 Å². The Balaban J connectivity index is 3.27. The lowest BCUT2D eigenvalue weighted by molar-refractivity contribution is 0.241. The van der Waals surface area contributed by atoms with Gasteiger partial charge in [-0.05, 0) is 12.3 Å². The Hall–Kier alpha value is -1.24. The highest BCUT2D eigenvalue weighted by atomic mass is 16.2. The van der Waals surface area contributed by atoms with Gasteiger partial charge in [-0.3, -0.25) is 0 Å². The van der Waals surface area contributed by atoms with Crippen LogP contribution in [0, 0.1) is 17.2 Å². The molecule has 0 spiro atoms. The van der Waals surface area contributed by atoms with Gasteiger partial charge in [0, 0.05) is 6.54 Å². The maximum absolute atomic E-state index is 10.8. The molecule has 2 N–H and O–H groups in total. The predicted molar refractivity (Wildman–Crippen MR) is 46.5 cm³/mol. The summed E-state index contributed by atoms with van der Waals surface area (Å²) in [5, 5.41) is 13.2. The molecule has 0 aliphatic heterocycles. The van der Waals surface area contributed by atoms with Gasteiger partial charge in [0.25, 0.3) is 0 Å². The molecular weight excluding hydrogens is 154 g/mol. The third-order valence-electron chi connectivity index (χ3n) is 1.34. The first-order valence-corrected chi connectivity index (χ1v) is 4.05. The molecule has 0 fully saturated rings.